The van der Waals surface area contributed by atoms with Crippen molar-refractivity contribution in [2.45, 2.75) is 30.4 Å². The van der Waals surface area contributed by atoms with Gasteiger partial charge in [0, 0.05) is 49.6 Å². The van der Waals surface area contributed by atoms with E-state index in [1.165, 1.54) is 5.56 Å². The van der Waals surface area contributed by atoms with Gasteiger partial charge in [0.05, 0.1) is 11.1 Å². The SMILES string of the molecule is Cc1cc(Cl)ccc1S(=O)(=O)N1CCN(C2CC(c3ccncc3)NN2)CC1. The summed E-state index contributed by atoms with van der Waals surface area (Å²) in [4.78, 5) is 6.70. The van der Waals surface area contributed by atoms with Crippen LogP contribution in [0.5, 0.6) is 0 Å². The van der Waals surface area contributed by atoms with Crippen LogP contribution >= 0.6 is 11.6 Å². The number of nitrogens with zero attached hydrogens (tertiary/aromatic N) is 3. The molecule has 2 unspecified atom stereocenters. The second-order valence-electron chi connectivity index (χ2n) is 7.22. The van der Waals surface area contributed by atoms with Gasteiger partial charge in [-0.25, -0.2) is 19.3 Å². The van der Waals surface area contributed by atoms with Crippen LogP contribution in [0.25, 0.3) is 0 Å². The number of halogens is 1. The zero-order valence-electron chi connectivity index (χ0n) is 15.7. The van der Waals surface area contributed by atoms with Crippen LogP contribution in [0.4, 0.5) is 0 Å². The third-order valence-electron chi connectivity index (χ3n) is 5.46. The molecule has 2 aromatic rings. The second kappa shape index (κ2) is 8.06. The number of nitrogens with one attached hydrogen (secondary N) is 2. The van der Waals surface area contributed by atoms with Gasteiger partial charge in [-0.3, -0.25) is 9.88 Å². The van der Waals surface area contributed by atoms with Gasteiger partial charge in [-0.1, -0.05) is 11.6 Å². The van der Waals surface area contributed by atoms with Crippen LogP contribution in [-0.4, -0.2) is 55.0 Å². The number of hydrazine groups is 1. The summed E-state index contributed by atoms with van der Waals surface area (Å²) in [7, 11) is -3.51. The number of aryl methyl sites for hydroxylation is 1. The molecule has 9 heteroatoms. The zero-order chi connectivity index (χ0) is 19.7. The molecule has 0 radical (unpaired) electrons. The van der Waals surface area contributed by atoms with Gasteiger partial charge in [0.2, 0.25) is 10.0 Å². The number of sulfonamides is 1. The molecule has 2 aliphatic rings. The fourth-order valence-corrected chi connectivity index (χ4v) is 5.75. The molecule has 28 heavy (non-hydrogen) atoms. The van der Waals surface area contributed by atoms with Crippen LogP contribution in [0.15, 0.2) is 47.6 Å². The lowest BCUT2D eigenvalue weighted by Gasteiger charge is -2.37. The maximum absolute atomic E-state index is 13.0. The molecule has 1 aromatic carbocycles. The highest BCUT2D eigenvalue weighted by molar-refractivity contribution is 7.89. The lowest BCUT2D eigenvalue weighted by molar-refractivity contribution is 0.123. The van der Waals surface area contributed by atoms with Gasteiger partial charge in [0.25, 0.3) is 0 Å². The molecule has 2 atom stereocenters. The molecule has 0 bridgehead atoms. The van der Waals surface area contributed by atoms with E-state index in [2.05, 4.69) is 20.7 Å². The van der Waals surface area contributed by atoms with Crippen LogP contribution < -0.4 is 10.9 Å². The first kappa shape index (κ1) is 19.8. The van der Waals surface area contributed by atoms with Gasteiger partial charge < -0.3 is 0 Å². The number of hydrogen-bond acceptors (Lipinski definition) is 6. The predicted octanol–water partition coefficient (Wildman–Crippen LogP) is 1.92. The van der Waals surface area contributed by atoms with Crippen LogP contribution in [0, 0.1) is 6.92 Å². The lowest BCUT2D eigenvalue weighted by Crippen LogP contribution is -2.55. The van der Waals surface area contributed by atoms with Crippen molar-refractivity contribution in [3.05, 3.63) is 58.9 Å². The minimum Gasteiger partial charge on any atom is -0.284 e. The molecule has 7 nitrogen and oxygen atoms in total. The number of hydrogen-bond donors (Lipinski definition) is 2. The van der Waals surface area contributed by atoms with E-state index in [1.807, 2.05) is 12.1 Å². The Kier molecular flexibility index (Phi) is 5.69. The summed E-state index contributed by atoms with van der Waals surface area (Å²) >= 11 is 5.97. The molecule has 2 fully saturated rings. The van der Waals surface area contributed by atoms with E-state index in [4.69, 9.17) is 11.6 Å². The molecule has 0 spiro atoms. The highest BCUT2D eigenvalue weighted by atomic mass is 35.5. The first-order valence-electron chi connectivity index (χ1n) is 9.36. The van der Waals surface area contributed by atoms with E-state index in [-0.39, 0.29) is 12.2 Å². The van der Waals surface area contributed by atoms with Crippen molar-refractivity contribution in [1.82, 2.24) is 25.0 Å². The summed E-state index contributed by atoms with van der Waals surface area (Å²) in [6.07, 6.45) is 4.70. The molecule has 2 saturated heterocycles. The minimum absolute atomic E-state index is 0.181. The van der Waals surface area contributed by atoms with Gasteiger partial charge in [-0.2, -0.15) is 4.31 Å². The standard InChI is InChI=1S/C19H24ClN5O2S/c1-14-12-16(20)2-3-18(14)28(26,27)25-10-8-24(9-11-25)19-13-17(22-23-19)15-4-6-21-7-5-15/h2-7,12,17,19,22-23H,8-11,13H2,1H3. The Morgan fingerprint density at radius 2 is 1.79 bits per heavy atom. The van der Waals surface area contributed by atoms with Crippen LogP contribution in [0.1, 0.15) is 23.6 Å². The molecule has 150 valence electrons. The van der Waals surface area contributed by atoms with Crippen molar-refractivity contribution < 1.29 is 8.42 Å². The quantitative estimate of drug-likeness (QED) is 0.785. The molecule has 2 aliphatic heterocycles. The van der Waals surface area contributed by atoms with Crippen molar-refractivity contribution in [2.24, 2.45) is 0 Å². The summed E-state index contributed by atoms with van der Waals surface area (Å²) < 4.78 is 27.6. The topological polar surface area (TPSA) is 77.6 Å². The maximum Gasteiger partial charge on any atom is 0.243 e. The lowest BCUT2D eigenvalue weighted by atomic mass is 10.1. The fraction of sp³-hybridized carbons (Fsp3) is 0.421. The van der Waals surface area contributed by atoms with Gasteiger partial charge in [0.1, 0.15) is 0 Å². The number of benzene rings is 1. The summed E-state index contributed by atoms with van der Waals surface area (Å²) in [5.41, 5.74) is 8.56. The number of piperazine rings is 1. The molecule has 0 saturated carbocycles. The molecule has 3 heterocycles. The molecule has 0 amide bonds. The minimum atomic E-state index is -3.51. The van der Waals surface area contributed by atoms with E-state index in [0.717, 1.165) is 6.42 Å². The van der Waals surface area contributed by atoms with Crippen LogP contribution in [0.2, 0.25) is 5.02 Å². The number of rotatable bonds is 4. The first-order chi connectivity index (χ1) is 13.4. The van der Waals surface area contributed by atoms with Crippen molar-refractivity contribution in [3.63, 3.8) is 0 Å². The van der Waals surface area contributed by atoms with Crippen LogP contribution in [-0.2, 0) is 10.0 Å². The Balaban J connectivity index is 1.38. The number of pyridine rings is 1. The predicted molar refractivity (Wildman–Crippen MR) is 108 cm³/mol. The third kappa shape index (κ3) is 3.94. The second-order valence-corrected chi connectivity index (χ2v) is 9.57. The Labute approximate surface area is 170 Å². The summed E-state index contributed by atoms with van der Waals surface area (Å²) in [5.74, 6) is 0. The van der Waals surface area contributed by atoms with Crippen molar-refractivity contribution >= 4 is 21.6 Å². The Hall–Kier alpha value is -1.55. The molecule has 0 aliphatic carbocycles. The van der Waals surface area contributed by atoms with Crippen molar-refractivity contribution in [1.29, 1.82) is 0 Å². The molecule has 4 rings (SSSR count). The Morgan fingerprint density at radius 1 is 1.07 bits per heavy atom. The third-order valence-corrected chi connectivity index (χ3v) is 7.75. The van der Waals surface area contributed by atoms with E-state index in [0.29, 0.717) is 41.7 Å². The average molecular weight is 422 g/mol. The Morgan fingerprint density at radius 3 is 2.46 bits per heavy atom. The largest absolute Gasteiger partial charge is 0.284 e. The zero-order valence-corrected chi connectivity index (χ0v) is 17.2. The summed E-state index contributed by atoms with van der Waals surface area (Å²) in [5, 5.41) is 0.546. The first-order valence-corrected chi connectivity index (χ1v) is 11.2. The fourth-order valence-electron chi connectivity index (χ4n) is 3.89. The average Bonchev–Trinajstić information content (AvgIpc) is 3.19. The molecule has 1 aromatic heterocycles. The van der Waals surface area contributed by atoms with E-state index in [9.17, 15) is 8.42 Å². The smallest absolute Gasteiger partial charge is 0.243 e. The normalized spacial score (nSPS) is 24.5. The van der Waals surface area contributed by atoms with Gasteiger partial charge in [-0.15, -0.1) is 0 Å². The van der Waals surface area contributed by atoms with Gasteiger partial charge in [-0.05, 0) is 54.8 Å². The van der Waals surface area contributed by atoms with E-state index < -0.39 is 10.0 Å². The highest BCUT2D eigenvalue weighted by Crippen LogP contribution is 2.26. The van der Waals surface area contributed by atoms with Crippen LogP contribution in [0.3, 0.4) is 0 Å². The van der Waals surface area contributed by atoms with E-state index >= 15 is 0 Å². The molecular weight excluding hydrogens is 398 g/mol. The molecule has 2 N–H and O–H groups in total. The van der Waals surface area contributed by atoms with Gasteiger partial charge in [0.15, 0.2) is 0 Å². The van der Waals surface area contributed by atoms with Crippen molar-refractivity contribution in [3.8, 4) is 0 Å². The number of aromatic nitrogens is 1. The molecular formula is C19H24ClN5O2S. The summed E-state index contributed by atoms with van der Waals surface area (Å²) in [6, 6.07) is 9.18. The Bertz CT molecular complexity index is 933. The monoisotopic (exact) mass is 421 g/mol. The van der Waals surface area contributed by atoms with E-state index in [1.54, 1.807) is 41.8 Å². The van der Waals surface area contributed by atoms with Crippen molar-refractivity contribution in [2.75, 3.05) is 26.2 Å². The van der Waals surface area contributed by atoms with Gasteiger partial charge >= 0.3 is 0 Å². The maximum atomic E-state index is 13.0. The highest BCUT2D eigenvalue weighted by Gasteiger charge is 2.35. The summed E-state index contributed by atoms with van der Waals surface area (Å²) in [6.45, 7) is 4.11.